The topological polar surface area (TPSA) is 55.1 Å². The van der Waals surface area contributed by atoms with Gasteiger partial charge in [-0.25, -0.2) is 4.98 Å². The van der Waals surface area contributed by atoms with Gasteiger partial charge in [-0.15, -0.1) is 0 Å². The summed E-state index contributed by atoms with van der Waals surface area (Å²) in [4.78, 5) is 16.9. The van der Waals surface area contributed by atoms with Gasteiger partial charge in [0, 0.05) is 15.7 Å². The zero-order valence-corrected chi connectivity index (χ0v) is 15.6. The molecule has 4 rings (SSSR count). The second-order valence-corrected chi connectivity index (χ2v) is 6.86. The molecule has 1 aromatic heterocycles. The summed E-state index contributed by atoms with van der Waals surface area (Å²) in [5.74, 6) is 0.383. The van der Waals surface area contributed by atoms with E-state index in [0.29, 0.717) is 28.2 Å². The second-order valence-electron chi connectivity index (χ2n) is 6.00. The Kier molecular flexibility index (Phi) is 4.31. The lowest BCUT2D eigenvalue weighted by atomic mass is 10.1. The van der Waals surface area contributed by atoms with E-state index in [0.717, 1.165) is 15.6 Å². The van der Waals surface area contributed by atoms with Crippen molar-refractivity contribution in [3.63, 3.8) is 0 Å². The second kappa shape index (κ2) is 6.77. The van der Waals surface area contributed by atoms with E-state index in [1.54, 1.807) is 0 Å². The van der Waals surface area contributed by atoms with Crippen molar-refractivity contribution in [3.05, 3.63) is 82.3 Å². The van der Waals surface area contributed by atoms with E-state index >= 15 is 0 Å². The van der Waals surface area contributed by atoms with Crippen LogP contribution in [0.15, 0.2) is 75.6 Å². The monoisotopic (exact) mass is 406 g/mol. The van der Waals surface area contributed by atoms with Crippen LogP contribution in [0.5, 0.6) is 0 Å². The molecule has 0 atom stereocenters. The van der Waals surface area contributed by atoms with Gasteiger partial charge in [0.15, 0.2) is 5.58 Å². The minimum absolute atomic E-state index is 0.154. The van der Waals surface area contributed by atoms with Gasteiger partial charge in [-0.1, -0.05) is 29.8 Å². The van der Waals surface area contributed by atoms with E-state index in [1.807, 2.05) is 73.7 Å². The number of amides is 1. The third kappa shape index (κ3) is 3.26. The molecule has 0 aliphatic rings. The summed E-state index contributed by atoms with van der Waals surface area (Å²) in [5.41, 5.74) is 4.65. The molecule has 4 aromatic rings. The molecule has 26 heavy (non-hydrogen) atoms. The van der Waals surface area contributed by atoms with E-state index in [9.17, 15) is 4.79 Å². The maximum Gasteiger partial charge on any atom is 0.255 e. The fraction of sp³-hybridized carbons (Fsp3) is 0.0476. The summed E-state index contributed by atoms with van der Waals surface area (Å²) >= 11 is 3.51. The average Bonchev–Trinajstić information content (AvgIpc) is 3.05. The van der Waals surface area contributed by atoms with Crippen LogP contribution < -0.4 is 5.32 Å². The lowest BCUT2D eigenvalue weighted by Gasteiger charge is -2.05. The Labute approximate surface area is 159 Å². The van der Waals surface area contributed by atoms with Crippen LogP contribution in [0, 0.1) is 6.92 Å². The molecule has 0 aliphatic carbocycles. The first-order chi connectivity index (χ1) is 12.6. The van der Waals surface area contributed by atoms with Crippen LogP contribution in [-0.2, 0) is 0 Å². The number of carbonyl (C=O) groups is 1. The standard InChI is InChI=1S/C21H15BrN2O2/c1-13-6-8-14(9-7-13)20(25)23-15-10-11-19-18(12-15)24-21(26-19)16-4-2-3-5-17(16)22/h2-12H,1H3,(H,23,25). The van der Waals surface area contributed by atoms with Crippen LogP contribution in [0.4, 0.5) is 5.69 Å². The Morgan fingerprint density at radius 1 is 1.04 bits per heavy atom. The summed E-state index contributed by atoms with van der Waals surface area (Å²) in [6.45, 7) is 1.99. The van der Waals surface area contributed by atoms with Crippen molar-refractivity contribution in [2.24, 2.45) is 0 Å². The van der Waals surface area contributed by atoms with Crippen molar-refractivity contribution < 1.29 is 9.21 Å². The number of anilines is 1. The number of aryl methyl sites for hydroxylation is 1. The van der Waals surface area contributed by atoms with Crippen molar-refractivity contribution >= 4 is 38.6 Å². The number of nitrogens with one attached hydrogen (secondary N) is 1. The molecular weight excluding hydrogens is 392 g/mol. The van der Waals surface area contributed by atoms with Gasteiger partial charge in [-0.2, -0.15) is 0 Å². The fourth-order valence-electron chi connectivity index (χ4n) is 2.66. The molecule has 0 bridgehead atoms. The highest BCUT2D eigenvalue weighted by molar-refractivity contribution is 9.10. The number of fused-ring (bicyclic) bond motifs is 1. The summed E-state index contributed by atoms with van der Waals surface area (Å²) in [7, 11) is 0. The van der Waals surface area contributed by atoms with E-state index in [4.69, 9.17) is 4.42 Å². The summed E-state index contributed by atoms with van der Waals surface area (Å²) in [6, 6.07) is 20.6. The molecule has 0 spiro atoms. The highest BCUT2D eigenvalue weighted by atomic mass is 79.9. The largest absolute Gasteiger partial charge is 0.436 e. The molecule has 1 heterocycles. The van der Waals surface area contributed by atoms with E-state index in [2.05, 4.69) is 26.2 Å². The SMILES string of the molecule is Cc1ccc(C(=O)Nc2ccc3oc(-c4ccccc4Br)nc3c2)cc1. The van der Waals surface area contributed by atoms with Crippen LogP contribution in [0.3, 0.4) is 0 Å². The zero-order chi connectivity index (χ0) is 18.1. The highest BCUT2D eigenvalue weighted by Gasteiger charge is 2.12. The summed E-state index contributed by atoms with van der Waals surface area (Å²) in [5, 5.41) is 2.90. The van der Waals surface area contributed by atoms with Crippen LogP contribution in [-0.4, -0.2) is 10.9 Å². The molecule has 128 valence electrons. The minimum atomic E-state index is -0.154. The van der Waals surface area contributed by atoms with E-state index in [1.165, 1.54) is 0 Å². The quantitative estimate of drug-likeness (QED) is 0.466. The first kappa shape index (κ1) is 16.5. The van der Waals surface area contributed by atoms with Crippen molar-refractivity contribution in [2.45, 2.75) is 6.92 Å². The number of hydrogen-bond donors (Lipinski definition) is 1. The van der Waals surface area contributed by atoms with Gasteiger partial charge in [0.2, 0.25) is 5.89 Å². The van der Waals surface area contributed by atoms with Gasteiger partial charge in [0.05, 0.1) is 5.56 Å². The van der Waals surface area contributed by atoms with Gasteiger partial charge in [0.1, 0.15) is 5.52 Å². The molecule has 0 saturated heterocycles. The van der Waals surface area contributed by atoms with Crippen molar-refractivity contribution in [1.29, 1.82) is 0 Å². The summed E-state index contributed by atoms with van der Waals surface area (Å²) in [6.07, 6.45) is 0. The fourth-order valence-corrected chi connectivity index (χ4v) is 3.12. The summed E-state index contributed by atoms with van der Waals surface area (Å²) < 4.78 is 6.76. The van der Waals surface area contributed by atoms with Gasteiger partial charge in [0.25, 0.3) is 5.91 Å². The minimum Gasteiger partial charge on any atom is -0.436 e. The average molecular weight is 407 g/mol. The van der Waals surface area contributed by atoms with Gasteiger partial charge < -0.3 is 9.73 Å². The van der Waals surface area contributed by atoms with Crippen molar-refractivity contribution in [2.75, 3.05) is 5.32 Å². The number of rotatable bonds is 3. The molecule has 5 heteroatoms. The first-order valence-corrected chi connectivity index (χ1v) is 8.93. The predicted molar refractivity (Wildman–Crippen MR) is 106 cm³/mol. The van der Waals surface area contributed by atoms with Gasteiger partial charge in [-0.3, -0.25) is 4.79 Å². The van der Waals surface area contributed by atoms with Crippen LogP contribution >= 0.6 is 15.9 Å². The normalized spacial score (nSPS) is 10.8. The number of nitrogens with zero attached hydrogens (tertiary/aromatic N) is 1. The Hall–Kier alpha value is -2.92. The Morgan fingerprint density at radius 3 is 2.58 bits per heavy atom. The molecule has 0 saturated carbocycles. The predicted octanol–water partition coefficient (Wildman–Crippen LogP) is 5.82. The van der Waals surface area contributed by atoms with Crippen LogP contribution in [0.1, 0.15) is 15.9 Å². The first-order valence-electron chi connectivity index (χ1n) is 8.14. The number of benzene rings is 3. The van der Waals surface area contributed by atoms with E-state index < -0.39 is 0 Å². The van der Waals surface area contributed by atoms with Crippen LogP contribution in [0.2, 0.25) is 0 Å². The zero-order valence-electron chi connectivity index (χ0n) is 14.0. The molecule has 1 amide bonds. The smallest absolute Gasteiger partial charge is 0.255 e. The molecule has 0 unspecified atom stereocenters. The van der Waals surface area contributed by atoms with Crippen LogP contribution in [0.25, 0.3) is 22.6 Å². The third-order valence-corrected chi connectivity index (χ3v) is 4.75. The lowest BCUT2D eigenvalue weighted by Crippen LogP contribution is -2.11. The maximum absolute atomic E-state index is 12.4. The number of oxazole rings is 1. The maximum atomic E-state index is 12.4. The molecule has 0 radical (unpaired) electrons. The molecule has 4 nitrogen and oxygen atoms in total. The lowest BCUT2D eigenvalue weighted by molar-refractivity contribution is 0.102. The number of halogens is 1. The highest BCUT2D eigenvalue weighted by Crippen LogP contribution is 2.31. The number of aromatic nitrogens is 1. The Bertz CT molecular complexity index is 1100. The molecule has 0 fully saturated rings. The third-order valence-electron chi connectivity index (χ3n) is 4.06. The van der Waals surface area contributed by atoms with Gasteiger partial charge >= 0.3 is 0 Å². The Morgan fingerprint density at radius 2 is 1.81 bits per heavy atom. The molecule has 1 N–H and O–H groups in total. The molecular formula is C21H15BrN2O2. The van der Waals surface area contributed by atoms with Crippen molar-refractivity contribution in [1.82, 2.24) is 4.98 Å². The van der Waals surface area contributed by atoms with Gasteiger partial charge in [-0.05, 0) is 65.3 Å². The van der Waals surface area contributed by atoms with Crippen molar-refractivity contribution in [3.8, 4) is 11.5 Å². The molecule has 3 aromatic carbocycles. The van der Waals surface area contributed by atoms with E-state index in [-0.39, 0.29) is 5.91 Å². The molecule has 0 aliphatic heterocycles. The number of hydrogen-bond acceptors (Lipinski definition) is 3. The Balaban J connectivity index is 1.62. The number of carbonyl (C=O) groups excluding carboxylic acids is 1.